The van der Waals surface area contributed by atoms with Crippen molar-refractivity contribution in [3.63, 3.8) is 0 Å². The second-order valence-electron chi connectivity index (χ2n) is 4.99. The molecule has 0 aromatic rings. The summed E-state index contributed by atoms with van der Waals surface area (Å²) in [5, 5.41) is 0. The van der Waals surface area contributed by atoms with Crippen LogP contribution < -0.4 is 0 Å². The maximum Gasteiger partial charge on any atom is 0.0507 e. The van der Waals surface area contributed by atoms with Crippen LogP contribution in [-0.2, 0) is 0 Å². The summed E-state index contributed by atoms with van der Waals surface area (Å²) in [5.41, 5.74) is 0. The lowest BCUT2D eigenvalue weighted by molar-refractivity contribution is 0.180. The van der Waals surface area contributed by atoms with Crippen LogP contribution in [0.1, 0.15) is 46.5 Å². The van der Waals surface area contributed by atoms with E-state index in [1.54, 1.807) is 0 Å². The van der Waals surface area contributed by atoms with Gasteiger partial charge in [0.1, 0.15) is 0 Å². The van der Waals surface area contributed by atoms with Gasteiger partial charge in [-0.3, -0.25) is 9.80 Å². The van der Waals surface area contributed by atoms with Crippen molar-refractivity contribution in [2.24, 2.45) is 5.92 Å². The van der Waals surface area contributed by atoms with Crippen molar-refractivity contribution in [2.45, 2.75) is 52.5 Å². The zero-order valence-electron chi connectivity index (χ0n) is 11.0. The monoisotopic (exact) mass is 212 g/mol. The Kier molecular flexibility index (Phi) is 5.62. The van der Waals surface area contributed by atoms with E-state index in [0.717, 1.165) is 12.0 Å². The molecule has 1 atom stereocenters. The van der Waals surface area contributed by atoms with E-state index >= 15 is 0 Å². The molecule has 2 heteroatoms. The van der Waals surface area contributed by atoms with Gasteiger partial charge in [-0.1, -0.05) is 40.0 Å². The first-order valence-electron chi connectivity index (χ1n) is 6.65. The quantitative estimate of drug-likeness (QED) is 0.668. The molecule has 0 aliphatic carbocycles. The molecule has 1 heterocycles. The number of unbranched alkanes of at least 4 members (excludes halogenated alkanes) is 1. The molecule has 1 rings (SSSR count). The predicted molar refractivity (Wildman–Crippen MR) is 67.0 cm³/mol. The molecule has 1 aliphatic heterocycles. The number of hydrogen-bond acceptors (Lipinski definition) is 2. The molecule has 2 nitrogen and oxygen atoms in total. The topological polar surface area (TPSA) is 6.48 Å². The van der Waals surface area contributed by atoms with Crippen molar-refractivity contribution < 1.29 is 0 Å². The van der Waals surface area contributed by atoms with E-state index < -0.39 is 0 Å². The molecule has 0 bridgehead atoms. The number of rotatable bonds is 6. The lowest BCUT2D eigenvalue weighted by atomic mass is 9.93. The molecule has 0 radical (unpaired) electrons. The summed E-state index contributed by atoms with van der Waals surface area (Å²) in [6.07, 6.45) is 5.33. The smallest absolute Gasteiger partial charge is 0.0507 e. The highest BCUT2D eigenvalue weighted by molar-refractivity contribution is 4.85. The Bertz CT molecular complexity index is 166. The Hall–Kier alpha value is -0.0800. The molecule has 15 heavy (non-hydrogen) atoms. The SMILES string of the molecule is CCCCN1CN(C)CC1C(CC)CC. The molecular weight excluding hydrogens is 184 g/mol. The minimum atomic E-state index is 0.816. The normalized spacial score (nSPS) is 24.2. The summed E-state index contributed by atoms with van der Waals surface area (Å²) in [6.45, 7) is 10.7. The summed E-state index contributed by atoms with van der Waals surface area (Å²) in [6, 6.07) is 0.816. The van der Waals surface area contributed by atoms with Gasteiger partial charge in [0.15, 0.2) is 0 Å². The van der Waals surface area contributed by atoms with Gasteiger partial charge >= 0.3 is 0 Å². The van der Waals surface area contributed by atoms with Crippen molar-refractivity contribution in [3.05, 3.63) is 0 Å². The minimum absolute atomic E-state index is 0.816. The Labute approximate surface area is 95.6 Å². The molecule has 0 N–H and O–H groups in total. The third-order valence-corrected chi connectivity index (χ3v) is 3.78. The van der Waals surface area contributed by atoms with Gasteiger partial charge in [0.2, 0.25) is 0 Å². The average Bonchev–Trinajstić information content (AvgIpc) is 2.59. The predicted octanol–water partition coefficient (Wildman–Crippen LogP) is 2.80. The first kappa shape index (κ1) is 13.0. The fourth-order valence-electron chi connectivity index (χ4n) is 2.79. The summed E-state index contributed by atoms with van der Waals surface area (Å²) in [4.78, 5) is 5.17. The third kappa shape index (κ3) is 3.46. The fraction of sp³-hybridized carbons (Fsp3) is 1.00. The zero-order valence-corrected chi connectivity index (χ0v) is 11.0. The maximum absolute atomic E-state index is 2.70. The Balaban J connectivity index is 2.51. The lowest BCUT2D eigenvalue weighted by Crippen LogP contribution is -2.37. The van der Waals surface area contributed by atoms with Crippen molar-refractivity contribution in [3.8, 4) is 0 Å². The molecule has 1 aliphatic rings. The van der Waals surface area contributed by atoms with E-state index in [9.17, 15) is 0 Å². The van der Waals surface area contributed by atoms with Crippen LogP contribution in [0.4, 0.5) is 0 Å². The van der Waals surface area contributed by atoms with Crippen LogP contribution in [0.2, 0.25) is 0 Å². The van der Waals surface area contributed by atoms with Crippen molar-refractivity contribution in [2.75, 3.05) is 26.8 Å². The highest BCUT2D eigenvalue weighted by atomic mass is 15.4. The lowest BCUT2D eigenvalue weighted by Gasteiger charge is -2.29. The number of likely N-dealkylation sites (N-methyl/N-ethyl adjacent to an activating group) is 1. The summed E-state index contributed by atoms with van der Waals surface area (Å²) < 4.78 is 0. The van der Waals surface area contributed by atoms with Gasteiger partial charge in [0.25, 0.3) is 0 Å². The van der Waals surface area contributed by atoms with Crippen molar-refractivity contribution >= 4 is 0 Å². The number of nitrogens with zero attached hydrogens (tertiary/aromatic N) is 2. The molecule has 0 amide bonds. The molecule has 0 saturated carbocycles. The van der Waals surface area contributed by atoms with Crippen LogP contribution in [0.15, 0.2) is 0 Å². The van der Waals surface area contributed by atoms with Gasteiger partial charge in [-0.05, 0) is 25.9 Å². The molecule has 0 aromatic carbocycles. The largest absolute Gasteiger partial charge is 0.292 e. The summed E-state index contributed by atoms with van der Waals surface area (Å²) in [7, 11) is 2.25. The molecule has 0 spiro atoms. The molecule has 1 unspecified atom stereocenters. The van der Waals surface area contributed by atoms with Crippen LogP contribution in [-0.4, -0.2) is 42.6 Å². The molecule has 1 saturated heterocycles. The van der Waals surface area contributed by atoms with Crippen LogP contribution in [0.3, 0.4) is 0 Å². The molecular formula is C13H28N2. The Morgan fingerprint density at radius 2 is 1.87 bits per heavy atom. The van der Waals surface area contributed by atoms with E-state index in [1.807, 2.05) is 0 Å². The van der Waals surface area contributed by atoms with Gasteiger partial charge in [0, 0.05) is 12.6 Å². The van der Waals surface area contributed by atoms with Gasteiger partial charge in [-0.15, -0.1) is 0 Å². The Morgan fingerprint density at radius 1 is 1.20 bits per heavy atom. The van der Waals surface area contributed by atoms with Crippen molar-refractivity contribution in [1.82, 2.24) is 9.80 Å². The maximum atomic E-state index is 2.70. The van der Waals surface area contributed by atoms with E-state index in [1.165, 1.54) is 45.4 Å². The second-order valence-corrected chi connectivity index (χ2v) is 4.99. The van der Waals surface area contributed by atoms with Gasteiger partial charge in [-0.2, -0.15) is 0 Å². The summed E-state index contributed by atoms with van der Waals surface area (Å²) >= 11 is 0. The van der Waals surface area contributed by atoms with E-state index in [2.05, 4.69) is 37.6 Å². The zero-order chi connectivity index (χ0) is 11.3. The molecule has 1 fully saturated rings. The first-order chi connectivity index (χ1) is 7.22. The minimum Gasteiger partial charge on any atom is -0.292 e. The van der Waals surface area contributed by atoms with E-state index in [0.29, 0.717) is 0 Å². The van der Waals surface area contributed by atoms with E-state index in [4.69, 9.17) is 0 Å². The average molecular weight is 212 g/mol. The van der Waals surface area contributed by atoms with Crippen LogP contribution in [0.5, 0.6) is 0 Å². The van der Waals surface area contributed by atoms with Gasteiger partial charge < -0.3 is 0 Å². The summed E-state index contributed by atoms with van der Waals surface area (Å²) in [5.74, 6) is 0.895. The van der Waals surface area contributed by atoms with Gasteiger partial charge in [0.05, 0.1) is 6.67 Å². The second kappa shape index (κ2) is 6.49. The van der Waals surface area contributed by atoms with E-state index in [-0.39, 0.29) is 0 Å². The van der Waals surface area contributed by atoms with Crippen LogP contribution >= 0.6 is 0 Å². The van der Waals surface area contributed by atoms with Gasteiger partial charge in [-0.25, -0.2) is 0 Å². The highest BCUT2D eigenvalue weighted by Crippen LogP contribution is 2.24. The van der Waals surface area contributed by atoms with Crippen LogP contribution in [0.25, 0.3) is 0 Å². The third-order valence-electron chi connectivity index (χ3n) is 3.78. The molecule has 0 aromatic heterocycles. The van der Waals surface area contributed by atoms with Crippen LogP contribution in [0, 0.1) is 5.92 Å². The standard InChI is InChI=1S/C13H28N2/c1-5-8-9-15-11-14(4)10-13(15)12(6-2)7-3/h12-13H,5-11H2,1-4H3. The van der Waals surface area contributed by atoms with Crippen molar-refractivity contribution in [1.29, 1.82) is 0 Å². The fourth-order valence-corrected chi connectivity index (χ4v) is 2.79. The first-order valence-corrected chi connectivity index (χ1v) is 6.65. The highest BCUT2D eigenvalue weighted by Gasteiger charge is 2.31. The number of hydrogen-bond donors (Lipinski definition) is 0. The Morgan fingerprint density at radius 3 is 2.40 bits per heavy atom. The molecule has 90 valence electrons.